The summed E-state index contributed by atoms with van der Waals surface area (Å²) in [5.74, 6) is 0.939. The molecule has 24 heavy (non-hydrogen) atoms. The van der Waals surface area contributed by atoms with Gasteiger partial charge in [-0.15, -0.1) is 24.8 Å². The Morgan fingerprint density at radius 3 is 2.29 bits per heavy atom. The third kappa shape index (κ3) is 8.06. The second-order valence-electron chi connectivity index (χ2n) is 5.21. The highest BCUT2D eigenvalue weighted by Crippen LogP contribution is 2.17. The lowest BCUT2D eigenvalue weighted by Gasteiger charge is -2.17. The van der Waals surface area contributed by atoms with Gasteiger partial charge in [-0.1, -0.05) is 61.2 Å². The van der Waals surface area contributed by atoms with E-state index in [-0.39, 0.29) is 24.8 Å². The first-order valence-corrected chi connectivity index (χ1v) is 8.44. The van der Waals surface area contributed by atoms with Gasteiger partial charge in [-0.05, 0) is 36.1 Å². The van der Waals surface area contributed by atoms with Crippen LogP contribution in [0, 0.1) is 0 Å². The maximum Gasteiger partial charge on any atom is 0.159 e. The number of hydrogen-bond acceptors (Lipinski definition) is 3. The van der Waals surface area contributed by atoms with Crippen LogP contribution in [-0.4, -0.2) is 22.9 Å². The molecule has 0 radical (unpaired) electrons. The Balaban J connectivity index is 0.00000264. The van der Waals surface area contributed by atoms with E-state index in [1.165, 1.54) is 11.1 Å². The molecule has 0 unspecified atom stereocenters. The summed E-state index contributed by atoms with van der Waals surface area (Å²) >= 11 is 1.56. The standard InChI is InChI=1S/C18H23N3S.2ClH/c1-3-22-18(19)20-17-11-7-10-16(12-17)14-21(2)13-15-8-5-4-6-9-15;;/h4-12H,3,13-14H2,1-2H3,(H2,19,20);2*1H. The molecule has 3 nitrogen and oxygen atoms in total. The average molecular weight is 386 g/mol. The normalized spacial score (nSPS) is 10.9. The number of aliphatic imine (C=N–C) groups is 1. The van der Waals surface area contributed by atoms with Gasteiger partial charge >= 0.3 is 0 Å². The van der Waals surface area contributed by atoms with E-state index in [0.717, 1.165) is 24.5 Å². The number of rotatable bonds is 6. The maximum atomic E-state index is 5.87. The van der Waals surface area contributed by atoms with Crippen molar-refractivity contribution in [2.45, 2.75) is 20.0 Å². The van der Waals surface area contributed by atoms with E-state index >= 15 is 0 Å². The Hall–Kier alpha value is -1.20. The number of thioether (sulfide) groups is 1. The van der Waals surface area contributed by atoms with Crippen LogP contribution >= 0.6 is 36.6 Å². The first-order chi connectivity index (χ1) is 10.7. The minimum absolute atomic E-state index is 0. The van der Waals surface area contributed by atoms with Gasteiger partial charge in [-0.25, -0.2) is 4.99 Å². The number of nitrogens with two attached hydrogens (primary N) is 1. The van der Waals surface area contributed by atoms with Gasteiger partial charge in [0, 0.05) is 13.1 Å². The molecule has 0 bridgehead atoms. The fourth-order valence-corrected chi connectivity index (χ4v) is 2.76. The Bertz CT molecular complexity index is 621. The van der Waals surface area contributed by atoms with Gasteiger partial charge in [0.1, 0.15) is 0 Å². The molecule has 0 aliphatic carbocycles. The zero-order valence-electron chi connectivity index (χ0n) is 14.0. The Kier molecular flexibility index (Phi) is 11.6. The fourth-order valence-electron chi connectivity index (χ4n) is 2.29. The molecule has 0 aliphatic heterocycles. The lowest BCUT2D eigenvalue weighted by molar-refractivity contribution is 0.319. The highest BCUT2D eigenvalue weighted by Gasteiger charge is 2.03. The van der Waals surface area contributed by atoms with Crippen LogP contribution in [0.1, 0.15) is 18.1 Å². The van der Waals surface area contributed by atoms with Crippen molar-refractivity contribution in [3.63, 3.8) is 0 Å². The third-order valence-corrected chi connectivity index (χ3v) is 3.87. The number of benzene rings is 2. The maximum absolute atomic E-state index is 5.87. The Morgan fingerprint density at radius 2 is 1.62 bits per heavy atom. The van der Waals surface area contributed by atoms with Crippen LogP contribution in [-0.2, 0) is 13.1 Å². The van der Waals surface area contributed by atoms with Crippen molar-refractivity contribution in [1.82, 2.24) is 4.90 Å². The van der Waals surface area contributed by atoms with E-state index in [1.807, 2.05) is 18.2 Å². The van der Waals surface area contributed by atoms with Gasteiger partial charge < -0.3 is 5.73 Å². The molecular weight excluding hydrogens is 361 g/mol. The first-order valence-electron chi connectivity index (χ1n) is 7.45. The van der Waals surface area contributed by atoms with Crippen molar-refractivity contribution in [3.8, 4) is 0 Å². The van der Waals surface area contributed by atoms with Gasteiger partial charge in [0.05, 0.1) is 5.69 Å². The van der Waals surface area contributed by atoms with Gasteiger partial charge in [0.15, 0.2) is 5.17 Å². The van der Waals surface area contributed by atoms with Crippen molar-refractivity contribution < 1.29 is 0 Å². The molecule has 0 fully saturated rings. The number of halogens is 2. The fraction of sp³-hybridized carbons (Fsp3) is 0.278. The number of nitrogens with zero attached hydrogens (tertiary/aromatic N) is 2. The van der Waals surface area contributed by atoms with Crippen molar-refractivity contribution in [2.24, 2.45) is 10.7 Å². The van der Waals surface area contributed by atoms with Crippen LogP contribution in [0.25, 0.3) is 0 Å². The van der Waals surface area contributed by atoms with E-state index in [4.69, 9.17) is 5.73 Å². The zero-order valence-corrected chi connectivity index (χ0v) is 16.5. The predicted octanol–water partition coefficient (Wildman–Crippen LogP) is 4.86. The monoisotopic (exact) mass is 385 g/mol. The number of hydrogen-bond donors (Lipinski definition) is 1. The summed E-state index contributed by atoms with van der Waals surface area (Å²) in [4.78, 5) is 6.73. The molecule has 0 saturated heterocycles. The molecule has 2 N–H and O–H groups in total. The SMILES string of the molecule is CCSC(N)=Nc1cccc(CN(C)Cc2ccccc2)c1.Cl.Cl. The summed E-state index contributed by atoms with van der Waals surface area (Å²) in [6.07, 6.45) is 0. The smallest absolute Gasteiger partial charge is 0.159 e. The van der Waals surface area contributed by atoms with Crippen LogP contribution < -0.4 is 5.73 Å². The van der Waals surface area contributed by atoms with Crippen LogP contribution in [0.2, 0.25) is 0 Å². The van der Waals surface area contributed by atoms with E-state index in [2.05, 4.69) is 60.3 Å². The van der Waals surface area contributed by atoms with Crippen LogP contribution in [0.4, 0.5) is 5.69 Å². The molecule has 0 heterocycles. The molecule has 6 heteroatoms. The van der Waals surface area contributed by atoms with E-state index in [9.17, 15) is 0 Å². The van der Waals surface area contributed by atoms with E-state index in [0.29, 0.717) is 5.17 Å². The third-order valence-electron chi connectivity index (χ3n) is 3.19. The molecular formula is C18H25Cl2N3S. The predicted molar refractivity (Wildman–Crippen MR) is 112 cm³/mol. The second-order valence-corrected chi connectivity index (χ2v) is 6.50. The molecule has 0 spiro atoms. The molecule has 0 aromatic heterocycles. The minimum atomic E-state index is 0. The van der Waals surface area contributed by atoms with Crippen molar-refractivity contribution in [2.75, 3.05) is 12.8 Å². The van der Waals surface area contributed by atoms with E-state index in [1.54, 1.807) is 11.8 Å². The highest BCUT2D eigenvalue weighted by molar-refractivity contribution is 8.13. The average Bonchev–Trinajstić information content (AvgIpc) is 2.48. The van der Waals surface area contributed by atoms with Crippen molar-refractivity contribution in [1.29, 1.82) is 0 Å². The summed E-state index contributed by atoms with van der Waals surface area (Å²) in [5.41, 5.74) is 9.36. The molecule has 2 aromatic carbocycles. The molecule has 132 valence electrons. The topological polar surface area (TPSA) is 41.6 Å². The first kappa shape index (κ1) is 22.8. The highest BCUT2D eigenvalue weighted by atomic mass is 35.5. The molecule has 0 atom stereocenters. The lowest BCUT2D eigenvalue weighted by atomic mass is 10.1. The summed E-state index contributed by atoms with van der Waals surface area (Å²) in [6, 6.07) is 18.8. The largest absolute Gasteiger partial charge is 0.378 e. The van der Waals surface area contributed by atoms with Gasteiger partial charge in [0.2, 0.25) is 0 Å². The van der Waals surface area contributed by atoms with Gasteiger partial charge in [-0.2, -0.15) is 0 Å². The second kappa shape index (κ2) is 12.2. The van der Waals surface area contributed by atoms with Crippen LogP contribution in [0.3, 0.4) is 0 Å². The van der Waals surface area contributed by atoms with Crippen molar-refractivity contribution >= 4 is 47.4 Å². The van der Waals surface area contributed by atoms with Crippen LogP contribution in [0.15, 0.2) is 59.6 Å². The molecule has 2 aromatic rings. The lowest BCUT2D eigenvalue weighted by Crippen LogP contribution is -2.17. The molecule has 0 aliphatic rings. The summed E-state index contributed by atoms with van der Waals surface area (Å²) in [5, 5.41) is 0.622. The van der Waals surface area contributed by atoms with Crippen LogP contribution in [0.5, 0.6) is 0 Å². The summed E-state index contributed by atoms with van der Waals surface area (Å²) in [7, 11) is 2.13. The van der Waals surface area contributed by atoms with Gasteiger partial charge in [-0.3, -0.25) is 4.90 Å². The quantitative estimate of drug-likeness (QED) is 0.569. The van der Waals surface area contributed by atoms with Crippen molar-refractivity contribution in [3.05, 3.63) is 65.7 Å². The summed E-state index contributed by atoms with van der Waals surface area (Å²) in [6.45, 7) is 3.89. The van der Waals surface area contributed by atoms with E-state index < -0.39 is 0 Å². The van der Waals surface area contributed by atoms with Gasteiger partial charge in [0.25, 0.3) is 0 Å². The Labute approximate surface area is 161 Å². The molecule has 2 rings (SSSR count). The summed E-state index contributed by atoms with van der Waals surface area (Å²) < 4.78 is 0. The molecule has 0 amide bonds. The minimum Gasteiger partial charge on any atom is -0.378 e. The Morgan fingerprint density at radius 1 is 1.00 bits per heavy atom. The number of amidine groups is 1. The zero-order chi connectivity index (χ0) is 15.8. The molecule has 0 saturated carbocycles.